The number of hydrogen-bond acceptors (Lipinski definition) is 9. The van der Waals surface area contributed by atoms with Gasteiger partial charge in [0, 0.05) is 6.20 Å². The fourth-order valence-electron chi connectivity index (χ4n) is 2.29. The molecular weight excluding hydrogens is 340 g/mol. The average molecular weight is 358 g/mol. The van der Waals surface area contributed by atoms with Crippen LogP contribution in [0, 0.1) is 0 Å². The van der Waals surface area contributed by atoms with Crippen molar-refractivity contribution in [2.24, 2.45) is 0 Å². The molecule has 1 aromatic rings. The Morgan fingerprint density at radius 3 is 2.64 bits per heavy atom. The van der Waals surface area contributed by atoms with Gasteiger partial charge < -0.3 is 41.0 Å². The highest BCUT2D eigenvalue weighted by atomic mass is 16.6. The molecule has 0 radical (unpaired) electrons. The molecule has 0 spiro atoms. The number of ether oxygens (including phenoxy) is 1. The third kappa shape index (κ3) is 4.18. The summed E-state index contributed by atoms with van der Waals surface area (Å²) >= 11 is 0. The first kappa shape index (κ1) is 19.0. The maximum Gasteiger partial charge on any atom is 0.351 e. The minimum Gasteiger partial charge on any atom is -0.544 e. The Morgan fingerprint density at radius 2 is 2.12 bits per heavy atom. The van der Waals surface area contributed by atoms with Gasteiger partial charge in [-0.3, -0.25) is 9.36 Å². The molecule has 1 aliphatic heterocycles. The number of anilines is 1. The molecule has 7 N–H and O–H groups in total. The highest BCUT2D eigenvalue weighted by Gasteiger charge is 2.43. The normalized spacial score (nSPS) is 27.0. The Kier molecular flexibility index (Phi) is 5.81. The van der Waals surface area contributed by atoms with Crippen LogP contribution in [0.4, 0.5) is 5.82 Å². The molecule has 12 nitrogen and oxygen atoms in total. The van der Waals surface area contributed by atoms with Gasteiger partial charge in [-0.2, -0.15) is 4.98 Å². The highest BCUT2D eigenvalue weighted by Crippen LogP contribution is 2.28. The number of amides is 1. The van der Waals surface area contributed by atoms with Crippen LogP contribution in [-0.4, -0.2) is 67.7 Å². The number of carbonyl (C=O) groups is 2. The van der Waals surface area contributed by atoms with Crippen LogP contribution in [0.15, 0.2) is 17.1 Å². The lowest BCUT2D eigenvalue weighted by Gasteiger charge is -2.17. The zero-order valence-electron chi connectivity index (χ0n) is 12.9. The third-order valence-electron chi connectivity index (χ3n) is 3.65. The second-order valence-electron chi connectivity index (χ2n) is 5.50. The topological polar surface area (TPSA) is 202 Å². The van der Waals surface area contributed by atoms with Crippen LogP contribution in [0.3, 0.4) is 0 Å². The van der Waals surface area contributed by atoms with Gasteiger partial charge in [-0.05, 0) is 6.07 Å². The molecule has 0 aromatic carbocycles. The summed E-state index contributed by atoms with van der Waals surface area (Å²) in [6.45, 7) is -0.546. The van der Waals surface area contributed by atoms with Crippen molar-refractivity contribution in [3.8, 4) is 0 Å². The molecule has 2 heterocycles. The van der Waals surface area contributed by atoms with Crippen LogP contribution in [-0.2, 0) is 14.3 Å². The highest BCUT2D eigenvalue weighted by molar-refractivity contribution is 5.92. The van der Waals surface area contributed by atoms with Crippen LogP contribution >= 0.6 is 0 Å². The Labute approximate surface area is 140 Å². The minimum absolute atomic E-state index is 0.136. The lowest BCUT2D eigenvalue weighted by molar-refractivity contribution is -0.436. The fourth-order valence-corrected chi connectivity index (χ4v) is 2.29. The number of carbonyl (C=O) groups excluding carboxylic acids is 2. The van der Waals surface area contributed by atoms with Crippen molar-refractivity contribution in [1.29, 1.82) is 0 Å². The number of carboxylic acid groups (broad SMARTS) is 1. The first-order chi connectivity index (χ1) is 11.7. The second kappa shape index (κ2) is 7.67. The maximum absolute atomic E-state index is 12.0. The fraction of sp³-hybridized carbons (Fsp3) is 0.538. The zero-order chi connectivity index (χ0) is 18.7. The van der Waals surface area contributed by atoms with Crippen molar-refractivity contribution in [1.82, 2.24) is 9.55 Å². The van der Waals surface area contributed by atoms with E-state index in [2.05, 4.69) is 16.0 Å². The monoisotopic (exact) mass is 358 g/mol. The van der Waals surface area contributed by atoms with Gasteiger partial charge in [0.1, 0.15) is 30.2 Å². The predicted octanol–water partition coefficient (Wildman–Crippen LogP) is -5.46. The van der Waals surface area contributed by atoms with Crippen LogP contribution in [0.5, 0.6) is 0 Å². The standard InChI is InChI=1S/C13H18N4O8/c14-5(12(22)23)3-8(19)15-7-1-2-17(13(24)16-7)11-10(21)9(20)6(4-18)25-11/h1-2,5-6,9-11,18,20-21H,3-4,14H2,(H,22,23)(H,15,16,19,24)/t5?,6-,9-,10+,11-/m1/s1. The second-order valence-corrected chi connectivity index (χ2v) is 5.50. The quantitative estimate of drug-likeness (QED) is 0.329. The Morgan fingerprint density at radius 1 is 1.44 bits per heavy atom. The lowest BCUT2D eigenvalue weighted by atomic mass is 10.1. The van der Waals surface area contributed by atoms with Gasteiger partial charge in [0.2, 0.25) is 5.91 Å². The Balaban J connectivity index is 2.10. The van der Waals surface area contributed by atoms with Gasteiger partial charge >= 0.3 is 5.69 Å². The molecule has 12 heteroatoms. The first-order valence-electron chi connectivity index (χ1n) is 7.30. The number of aliphatic hydroxyl groups excluding tert-OH is 3. The van der Waals surface area contributed by atoms with Gasteiger partial charge in [-0.1, -0.05) is 0 Å². The van der Waals surface area contributed by atoms with E-state index in [-0.39, 0.29) is 5.82 Å². The number of nitrogens with one attached hydrogen (secondary N) is 1. The summed E-state index contributed by atoms with van der Waals surface area (Å²) in [4.78, 5) is 37.8. The molecule has 0 aliphatic carbocycles. The molecule has 1 aromatic heterocycles. The molecule has 2 rings (SSSR count). The number of carboxylic acids is 1. The maximum atomic E-state index is 12.0. The number of rotatable bonds is 6. The largest absolute Gasteiger partial charge is 0.544 e. The number of hydrogen-bond donors (Lipinski definition) is 5. The summed E-state index contributed by atoms with van der Waals surface area (Å²) in [6, 6.07) is -0.0233. The number of aromatic nitrogens is 2. The van der Waals surface area contributed by atoms with Gasteiger partial charge in [0.15, 0.2) is 6.23 Å². The molecule has 1 amide bonds. The molecule has 0 saturated carbocycles. The van der Waals surface area contributed by atoms with Gasteiger partial charge in [-0.25, -0.2) is 4.79 Å². The lowest BCUT2D eigenvalue weighted by Crippen LogP contribution is -2.69. The molecule has 1 aliphatic rings. The average Bonchev–Trinajstić information content (AvgIpc) is 2.82. The smallest absolute Gasteiger partial charge is 0.351 e. The molecule has 1 fully saturated rings. The SMILES string of the molecule is [NH3+]C(CC(=O)Nc1ccn([C@@H]2O[C@H](CO)[C@@H](O)[C@@H]2O)c(=O)n1)C(=O)[O-]. The summed E-state index contributed by atoms with van der Waals surface area (Å²) in [5.74, 6) is -2.34. The van der Waals surface area contributed by atoms with Crippen molar-refractivity contribution >= 4 is 17.7 Å². The number of nitrogens with zero attached hydrogens (tertiary/aromatic N) is 2. The summed E-state index contributed by atoms with van der Waals surface area (Å²) in [6.07, 6.45) is -4.41. The van der Waals surface area contributed by atoms with Crippen LogP contribution in [0.1, 0.15) is 12.6 Å². The molecule has 5 atom stereocenters. The van der Waals surface area contributed by atoms with Crippen molar-refractivity contribution < 1.29 is 40.5 Å². The van der Waals surface area contributed by atoms with Crippen molar-refractivity contribution in [2.75, 3.05) is 11.9 Å². The van der Waals surface area contributed by atoms with Gasteiger partial charge in [-0.15, -0.1) is 0 Å². The minimum atomic E-state index is -1.48. The first-order valence-corrected chi connectivity index (χ1v) is 7.30. The van der Waals surface area contributed by atoms with E-state index in [1.54, 1.807) is 0 Å². The molecular formula is C13H18N4O8. The van der Waals surface area contributed by atoms with E-state index in [4.69, 9.17) is 9.84 Å². The van der Waals surface area contributed by atoms with Crippen LogP contribution in [0.25, 0.3) is 0 Å². The number of aliphatic hydroxyl groups is 3. The Hall–Kier alpha value is -2.38. The van der Waals surface area contributed by atoms with Crippen LogP contribution in [0.2, 0.25) is 0 Å². The molecule has 0 bridgehead atoms. The van der Waals surface area contributed by atoms with Gasteiger partial charge in [0.05, 0.1) is 19.0 Å². The summed E-state index contributed by atoms with van der Waals surface area (Å²) in [5.41, 5.74) is 2.35. The van der Waals surface area contributed by atoms with Crippen LogP contribution < -0.4 is 21.8 Å². The van der Waals surface area contributed by atoms with E-state index in [1.165, 1.54) is 12.3 Å². The third-order valence-corrected chi connectivity index (χ3v) is 3.65. The van der Waals surface area contributed by atoms with E-state index in [0.29, 0.717) is 0 Å². The molecule has 138 valence electrons. The van der Waals surface area contributed by atoms with Crippen molar-refractivity contribution in [3.63, 3.8) is 0 Å². The number of quaternary nitrogens is 1. The molecule has 1 saturated heterocycles. The molecule has 1 unspecified atom stereocenters. The van der Waals surface area contributed by atoms with E-state index in [1.807, 2.05) is 0 Å². The zero-order valence-corrected chi connectivity index (χ0v) is 12.9. The predicted molar refractivity (Wildman–Crippen MR) is 76.4 cm³/mol. The van der Waals surface area contributed by atoms with Crippen molar-refractivity contribution in [2.45, 2.75) is 37.0 Å². The van der Waals surface area contributed by atoms with Crippen molar-refractivity contribution in [3.05, 3.63) is 22.7 Å². The van der Waals surface area contributed by atoms with E-state index >= 15 is 0 Å². The molecule has 25 heavy (non-hydrogen) atoms. The Bertz CT molecular complexity index is 708. The van der Waals surface area contributed by atoms with E-state index in [0.717, 1.165) is 4.57 Å². The van der Waals surface area contributed by atoms with Gasteiger partial charge in [0.25, 0.3) is 0 Å². The summed E-state index contributed by atoms with van der Waals surface area (Å²) in [7, 11) is 0. The summed E-state index contributed by atoms with van der Waals surface area (Å²) in [5, 5.41) is 41.4. The van der Waals surface area contributed by atoms with E-state index in [9.17, 15) is 29.7 Å². The summed E-state index contributed by atoms with van der Waals surface area (Å²) < 4.78 is 6.10. The van der Waals surface area contributed by atoms with E-state index < -0.39 is 61.2 Å². The number of aliphatic carboxylic acids is 1.